The van der Waals surface area contributed by atoms with E-state index in [2.05, 4.69) is 26.5 Å². The second-order valence-electron chi connectivity index (χ2n) is 6.72. The summed E-state index contributed by atoms with van der Waals surface area (Å²) in [7, 11) is -2.96. The Labute approximate surface area is 136 Å². The summed E-state index contributed by atoms with van der Waals surface area (Å²) in [5.41, 5.74) is 2.12. The van der Waals surface area contributed by atoms with Crippen LogP contribution in [0.2, 0.25) is 0 Å². The Hall–Kier alpha value is -1.41. The van der Waals surface area contributed by atoms with E-state index in [0.29, 0.717) is 18.9 Å². The van der Waals surface area contributed by atoms with Crippen molar-refractivity contribution in [3.63, 3.8) is 0 Å². The highest BCUT2D eigenvalue weighted by Gasteiger charge is 2.30. The summed E-state index contributed by atoms with van der Waals surface area (Å²) in [5, 5.41) is 10.2. The molecule has 2 saturated heterocycles. The number of piperidine rings is 1. The lowest BCUT2D eigenvalue weighted by molar-refractivity contribution is -0.123. The number of aromatic nitrogens is 2. The number of carbonyl (C=O) groups is 1. The van der Waals surface area contributed by atoms with E-state index >= 15 is 0 Å². The van der Waals surface area contributed by atoms with Crippen molar-refractivity contribution < 1.29 is 13.2 Å². The molecule has 2 aliphatic heterocycles. The number of sulfone groups is 1. The van der Waals surface area contributed by atoms with Crippen molar-refractivity contribution in [2.24, 2.45) is 0 Å². The van der Waals surface area contributed by atoms with Crippen LogP contribution < -0.4 is 5.32 Å². The topological polar surface area (TPSA) is 95.2 Å². The molecule has 0 aromatic carbocycles. The van der Waals surface area contributed by atoms with E-state index < -0.39 is 9.84 Å². The lowest BCUT2D eigenvalue weighted by Crippen LogP contribution is -2.45. The van der Waals surface area contributed by atoms with Gasteiger partial charge in [-0.1, -0.05) is 0 Å². The molecule has 3 rings (SSSR count). The largest absolute Gasteiger partial charge is 0.351 e. The second-order valence-corrected chi connectivity index (χ2v) is 8.95. The van der Waals surface area contributed by atoms with Crippen LogP contribution in [0.3, 0.4) is 0 Å². The predicted octanol–water partition coefficient (Wildman–Crippen LogP) is 0.201. The van der Waals surface area contributed by atoms with Gasteiger partial charge in [0.2, 0.25) is 5.91 Å². The first-order chi connectivity index (χ1) is 10.9. The van der Waals surface area contributed by atoms with Crippen LogP contribution in [-0.4, -0.2) is 66.6 Å². The average Bonchev–Trinajstić information content (AvgIpc) is 3.05. The van der Waals surface area contributed by atoms with Gasteiger partial charge in [-0.05, 0) is 38.8 Å². The molecule has 1 aromatic heterocycles. The van der Waals surface area contributed by atoms with Crippen LogP contribution in [0.4, 0.5) is 0 Å². The second kappa shape index (κ2) is 6.60. The highest BCUT2D eigenvalue weighted by atomic mass is 32.2. The van der Waals surface area contributed by atoms with Gasteiger partial charge in [-0.2, -0.15) is 5.10 Å². The third kappa shape index (κ3) is 4.32. The summed E-state index contributed by atoms with van der Waals surface area (Å²) >= 11 is 0. The molecular formula is C15H24N4O3S. The lowest BCUT2D eigenvalue weighted by Gasteiger charge is -2.31. The van der Waals surface area contributed by atoms with Gasteiger partial charge in [-0.25, -0.2) is 8.42 Å². The highest BCUT2D eigenvalue weighted by Crippen LogP contribution is 2.25. The first kappa shape index (κ1) is 16.4. The maximum Gasteiger partial charge on any atom is 0.234 e. The number of aryl methyl sites for hydroxylation is 1. The molecule has 0 bridgehead atoms. The lowest BCUT2D eigenvalue weighted by atomic mass is 9.94. The Morgan fingerprint density at radius 2 is 2.30 bits per heavy atom. The van der Waals surface area contributed by atoms with Crippen molar-refractivity contribution in [3.05, 3.63) is 17.5 Å². The SMILES string of the molecule is Cc1cc([C@H]2CCCN(CC(=O)N[C@H]3CCS(=O)(=O)C3)C2)n[nH]1. The van der Waals surface area contributed by atoms with Crippen LogP contribution in [0.1, 0.15) is 36.6 Å². The maximum absolute atomic E-state index is 12.2. The molecule has 7 nitrogen and oxygen atoms in total. The fourth-order valence-electron chi connectivity index (χ4n) is 3.47. The molecule has 2 aliphatic rings. The van der Waals surface area contributed by atoms with Crippen molar-refractivity contribution >= 4 is 15.7 Å². The Balaban J connectivity index is 1.50. The number of hydrogen-bond donors (Lipinski definition) is 2. The molecule has 23 heavy (non-hydrogen) atoms. The summed E-state index contributed by atoms with van der Waals surface area (Å²) < 4.78 is 22.9. The van der Waals surface area contributed by atoms with Crippen molar-refractivity contribution in [2.75, 3.05) is 31.1 Å². The molecule has 0 aliphatic carbocycles. The van der Waals surface area contributed by atoms with Crippen molar-refractivity contribution in [3.8, 4) is 0 Å². The molecule has 2 atom stereocenters. The van der Waals surface area contributed by atoms with Crippen molar-refractivity contribution in [2.45, 2.75) is 38.1 Å². The van der Waals surface area contributed by atoms with Gasteiger partial charge in [-0.3, -0.25) is 14.8 Å². The minimum Gasteiger partial charge on any atom is -0.351 e. The van der Waals surface area contributed by atoms with Gasteiger partial charge in [0, 0.05) is 24.2 Å². The Morgan fingerprint density at radius 3 is 2.96 bits per heavy atom. The van der Waals surface area contributed by atoms with Crippen LogP contribution >= 0.6 is 0 Å². The summed E-state index contributed by atoms with van der Waals surface area (Å²) in [6.45, 7) is 4.04. The van der Waals surface area contributed by atoms with E-state index in [1.54, 1.807) is 0 Å². The van der Waals surface area contributed by atoms with Gasteiger partial charge in [0.25, 0.3) is 0 Å². The van der Waals surface area contributed by atoms with Gasteiger partial charge < -0.3 is 5.32 Å². The number of nitrogens with zero attached hydrogens (tertiary/aromatic N) is 2. The third-order valence-electron chi connectivity index (χ3n) is 4.61. The van der Waals surface area contributed by atoms with E-state index in [1.165, 1.54) is 0 Å². The number of likely N-dealkylation sites (tertiary alicyclic amines) is 1. The fraction of sp³-hybridized carbons (Fsp3) is 0.733. The molecule has 0 saturated carbocycles. The fourth-order valence-corrected chi connectivity index (χ4v) is 5.15. The monoisotopic (exact) mass is 340 g/mol. The standard InChI is InChI=1S/C15H24N4O3S/c1-11-7-14(18-17-11)12-3-2-5-19(8-12)9-15(20)16-13-4-6-23(21,22)10-13/h7,12-13H,2-6,8-10H2,1H3,(H,16,20)(H,17,18)/t12-,13-/m0/s1. The molecule has 0 unspecified atom stereocenters. The molecule has 1 amide bonds. The van der Waals surface area contributed by atoms with Gasteiger partial charge >= 0.3 is 0 Å². The molecule has 128 valence electrons. The zero-order valence-electron chi connectivity index (χ0n) is 13.4. The Bertz CT molecular complexity index is 670. The number of H-pyrrole nitrogens is 1. The van der Waals surface area contributed by atoms with E-state index in [1.807, 2.05) is 6.92 Å². The molecule has 8 heteroatoms. The first-order valence-corrected chi connectivity index (χ1v) is 9.97. The molecule has 3 heterocycles. The normalized spacial score (nSPS) is 27.9. The molecule has 0 spiro atoms. The average molecular weight is 340 g/mol. The minimum absolute atomic E-state index is 0.0773. The first-order valence-electron chi connectivity index (χ1n) is 8.15. The van der Waals surface area contributed by atoms with Crippen LogP contribution in [0.25, 0.3) is 0 Å². The van der Waals surface area contributed by atoms with Crippen LogP contribution in [0.5, 0.6) is 0 Å². The van der Waals surface area contributed by atoms with Gasteiger partial charge in [0.05, 0.1) is 23.7 Å². The van der Waals surface area contributed by atoms with Gasteiger partial charge in [0.15, 0.2) is 9.84 Å². The summed E-state index contributed by atoms with van der Waals surface area (Å²) in [4.78, 5) is 14.3. The summed E-state index contributed by atoms with van der Waals surface area (Å²) in [6.07, 6.45) is 2.66. The molecule has 0 radical (unpaired) electrons. The van der Waals surface area contributed by atoms with Crippen LogP contribution in [-0.2, 0) is 14.6 Å². The molecule has 2 fully saturated rings. The molecular weight excluding hydrogens is 316 g/mol. The van der Waals surface area contributed by atoms with E-state index in [0.717, 1.165) is 37.3 Å². The summed E-state index contributed by atoms with van der Waals surface area (Å²) in [5.74, 6) is 0.537. The number of nitrogens with one attached hydrogen (secondary N) is 2. The smallest absolute Gasteiger partial charge is 0.234 e. The van der Waals surface area contributed by atoms with Crippen LogP contribution in [0.15, 0.2) is 6.07 Å². The maximum atomic E-state index is 12.2. The zero-order valence-corrected chi connectivity index (χ0v) is 14.2. The van der Waals surface area contributed by atoms with Crippen molar-refractivity contribution in [1.82, 2.24) is 20.4 Å². The predicted molar refractivity (Wildman–Crippen MR) is 86.9 cm³/mol. The van der Waals surface area contributed by atoms with E-state index in [4.69, 9.17) is 0 Å². The molecule has 2 N–H and O–H groups in total. The van der Waals surface area contributed by atoms with E-state index in [-0.39, 0.29) is 23.5 Å². The number of aromatic amines is 1. The number of amides is 1. The Morgan fingerprint density at radius 1 is 1.48 bits per heavy atom. The molecule has 1 aromatic rings. The summed E-state index contributed by atoms with van der Waals surface area (Å²) in [6, 6.07) is 1.85. The van der Waals surface area contributed by atoms with Gasteiger partial charge in [-0.15, -0.1) is 0 Å². The highest BCUT2D eigenvalue weighted by molar-refractivity contribution is 7.91. The number of carbonyl (C=O) groups excluding carboxylic acids is 1. The van der Waals surface area contributed by atoms with Crippen molar-refractivity contribution in [1.29, 1.82) is 0 Å². The van der Waals surface area contributed by atoms with Crippen LogP contribution in [0, 0.1) is 6.92 Å². The van der Waals surface area contributed by atoms with E-state index in [9.17, 15) is 13.2 Å². The minimum atomic E-state index is -2.96. The third-order valence-corrected chi connectivity index (χ3v) is 6.38. The quantitative estimate of drug-likeness (QED) is 0.816. The zero-order chi connectivity index (χ0) is 16.4. The number of rotatable bonds is 4. The Kier molecular flexibility index (Phi) is 4.72. The van der Waals surface area contributed by atoms with Gasteiger partial charge in [0.1, 0.15) is 0 Å². The number of hydrogen-bond acceptors (Lipinski definition) is 5.